The molecule has 0 bridgehead atoms. The van der Waals surface area contributed by atoms with Crippen LogP contribution in [0.1, 0.15) is 27.4 Å². The largest absolute Gasteiger partial charge is 0.383 e. The van der Waals surface area contributed by atoms with Crippen LogP contribution in [-0.2, 0) is 10.0 Å². The van der Waals surface area contributed by atoms with Crippen LogP contribution >= 0.6 is 11.6 Å². The second-order valence-electron chi connectivity index (χ2n) is 10.6. The molecule has 44 heavy (non-hydrogen) atoms. The summed E-state index contributed by atoms with van der Waals surface area (Å²) < 4.78 is 31.0. The third-order valence-electron chi connectivity index (χ3n) is 7.59. The van der Waals surface area contributed by atoms with Gasteiger partial charge in [0.05, 0.1) is 38.9 Å². The number of halogens is 1. The summed E-state index contributed by atoms with van der Waals surface area (Å²) in [5.74, 6) is 0.259. The topological polar surface area (TPSA) is 129 Å². The third-order valence-corrected chi connectivity index (χ3v) is 9.57. The van der Waals surface area contributed by atoms with E-state index in [1.54, 1.807) is 42.5 Å². The number of hydrogen-bond donors (Lipinski definition) is 2. The van der Waals surface area contributed by atoms with Crippen LogP contribution in [0.25, 0.3) is 38.8 Å². The fraction of sp³-hybridized carbons (Fsp3) is 0.0606. The van der Waals surface area contributed by atoms with Gasteiger partial charge in [-0.1, -0.05) is 53.6 Å². The van der Waals surface area contributed by atoms with Crippen LogP contribution in [0.15, 0.2) is 102 Å². The van der Waals surface area contributed by atoms with E-state index in [-0.39, 0.29) is 22.0 Å². The van der Waals surface area contributed by atoms with Gasteiger partial charge in [-0.05, 0) is 79.6 Å². The molecule has 0 fully saturated rings. The lowest BCUT2D eigenvalue weighted by Crippen LogP contribution is -2.19. The van der Waals surface area contributed by atoms with E-state index < -0.39 is 15.8 Å². The van der Waals surface area contributed by atoms with Crippen LogP contribution in [0.5, 0.6) is 0 Å². The number of carbonyl (C=O) groups is 1. The molecular weight excluding hydrogens is 596 g/mol. The minimum atomic E-state index is -4.22. The zero-order chi connectivity index (χ0) is 30.7. The number of rotatable bonds is 6. The van der Waals surface area contributed by atoms with Crippen molar-refractivity contribution in [2.75, 3.05) is 5.73 Å². The Labute approximate surface area is 257 Å². The lowest BCUT2D eigenvalue weighted by molar-refractivity contribution is 0.103. The normalized spacial score (nSPS) is 11.9. The Bertz CT molecular complexity index is 2370. The molecule has 0 aliphatic rings. The molecule has 9 nitrogen and oxygen atoms in total. The van der Waals surface area contributed by atoms with Gasteiger partial charge in [0.1, 0.15) is 17.3 Å². The van der Waals surface area contributed by atoms with Crippen molar-refractivity contribution in [2.24, 2.45) is 0 Å². The molecule has 3 N–H and O–H groups in total. The maximum absolute atomic E-state index is 14.2. The second kappa shape index (κ2) is 10.2. The number of nitrogens with one attached hydrogen (secondary N) is 1. The molecule has 7 aromatic rings. The van der Waals surface area contributed by atoms with Crippen LogP contribution < -0.4 is 5.73 Å². The minimum absolute atomic E-state index is 0.0501. The van der Waals surface area contributed by atoms with E-state index in [2.05, 4.69) is 15.1 Å². The number of anilines is 1. The highest BCUT2D eigenvalue weighted by Gasteiger charge is 2.29. The summed E-state index contributed by atoms with van der Waals surface area (Å²) in [7, 11) is -4.22. The van der Waals surface area contributed by atoms with Crippen molar-refractivity contribution in [2.45, 2.75) is 18.7 Å². The summed E-state index contributed by atoms with van der Waals surface area (Å²) in [4.78, 5) is 21.9. The number of carbonyl (C=O) groups excluding carboxylic acids is 1. The van der Waals surface area contributed by atoms with Gasteiger partial charge in [-0.25, -0.2) is 22.1 Å². The van der Waals surface area contributed by atoms with Crippen LogP contribution in [0.3, 0.4) is 0 Å². The standard InChI is InChI=1S/C33H25ClN6O3S/c1-19-6-11-26(12-7-19)44(42,43)40-30-15-22(21-4-3-5-24(34)14-21)8-9-23(30)16-31(40)32(41)27-18-36-39(33(27)35)25-10-13-28-29(17-25)38-20(2)37-28/h3-18H,35H2,1-2H3,(H,37,38). The van der Waals surface area contributed by atoms with Gasteiger partial charge in [0.25, 0.3) is 10.0 Å². The number of hydrogen-bond acceptors (Lipinski definition) is 6. The monoisotopic (exact) mass is 620 g/mol. The summed E-state index contributed by atoms with van der Waals surface area (Å²) in [6.45, 7) is 3.74. The first-order valence-corrected chi connectivity index (χ1v) is 15.5. The molecule has 0 saturated carbocycles. The van der Waals surface area contributed by atoms with E-state index in [1.165, 1.54) is 23.0 Å². The first-order valence-electron chi connectivity index (χ1n) is 13.7. The number of ketones is 1. The van der Waals surface area contributed by atoms with E-state index in [0.29, 0.717) is 21.6 Å². The molecule has 218 valence electrons. The highest BCUT2D eigenvalue weighted by molar-refractivity contribution is 7.90. The number of H-pyrrole nitrogens is 1. The third kappa shape index (κ3) is 4.55. The van der Waals surface area contributed by atoms with Gasteiger partial charge in [0.2, 0.25) is 5.78 Å². The number of fused-ring (bicyclic) bond motifs is 2. The van der Waals surface area contributed by atoms with E-state index in [1.807, 2.05) is 50.2 Å². The number of benzene rings is 4. The molecule has 0 unspecified atom stereocenters. The van der Waals surface area contributed by atoms with Crippen LogP contribution in [0, 0.1) is 13.8 Å². The van der Waals surface area contributed by atoms with E-state index in [4.69, 9.17) is 17.3 Å². The zero-order valence-electron chi connectivity index (χ0n) is 23.6. The summed E-state index contributed by atoms with van der Waals surface area (Å²) in [5.41, 5.74) is 11.5. The predicted octanol–water partition coefficient (Wildman–Crippen LogP) is 6.69. The van der Waals surface area contributed by atoms with Gasteiger partial charge < -0.3 is 10.7 Å². The summed E-state index contributed by atoms with van der Waals surface area (Å²) in [6, 6.07) is 26.2. The van der Waals surface area contributed by atoms with E-state index in [9.17, 15) is 13.2 Å². The number of aryl methyl sites for hydroxylation is 2. The molecule has 7 rings (SSSR count). The van der Waals surface area contributed by atoms with Gasteiger partial charge >= 0.3 is 0 Å². The Morgan fingerprint density at radius 1 is 0.909 bits per heavy atom. The van der Waals surface area contributed by atoms with Gasteiger partial charge in [-0.3, -0.25) is 4.79 Å². The van der Waals surface area contributed by atoms with Crippen molar-refractivity contribution < 1.29 is 13.2 Å². The first-order chi connectivity index (χ1) is 21.1. The molecule has 0 amide bonds. The maximum atomic E-state index is 14.2. The summed E-state index contributed by atoms with van der Waals surface area (Å²) in [5, 5.41) is 5.50. The molecule has 0 aliphatic carbocycles. The zero-order valence-corrected chi connectivity index (χ0v) is 25.2. The number of imidazole rings is 1. The Hall–Kier alpha value is -5.19. The fourth-order valence-electron chi connectivity index (χ4n) is 5.39. The first kappa shape index (κ1) is 27.6. The quantitative estimate of drug-likeness (QED) is 0.199. The van der Waals surface area contributed by atoms with Crippen molar-refractivity contribution >= 4 is 55.2 Å². The highest BCUT2D eigenvalue weighted by atomic mass is 35.5. The molecule has 0 atom stereocenters. The molecule has 11 heteroatoms. The Balaban J connectivity index is 1.40. The summed E-state index contributed by atoms with van der Waals surface area (Å²) in [6.07, 6.45) is 1.36. The number of nitrogen functional groups attached to an aromatic ring is 1. The second-order valence-corrected chi connectivity index (χ2v) is 12.8. The highest BCUT2D eigenvalue weighted by Crippen LogP contribution is 2.33. The lowest BCUT2D eigenvalue weighted by Gasteiger charge is -2.13. The van der Waals surface area contributed by atoms with Gasteiger partial charge in [-0.2, -0.15) is 5.10 Å². The molecule has 0 saturated heterocycles. The Kier molecular flexibility index (Phi) is 6.42. The van der Waals surface area contributed by atoms with Gasteiger partial charge in [0.15, 0.2) is 0 Å². The Morgan fingerprint density at radius 3 is 2.45 bits per heavy atom. The number of nitrogens with zero attached hydrogens (tertiary/aromatic N) is 4. The van der Waals surface area contributed by atoms with Gasteiger partial charge in [0, 0.05) is 10.4 Å². The number of aromatic amines is 1. The Morgan fingerprint density at radius 2 is 1.68 bits per heavy atom. The smallest absolute Gasteiger partial charge is 0.268 e. The van der Waals surface area contributed by atoms with E-state index in [0.717, 1.165) is 37.5 Å². The molecule has 0 spiro atoms. The molecule has 0 aliphatic heterocycles. The molecule has 3 aromatic heterocycles. The summed E-state index contributed by atoms with van der Waals surface area (Å²) >= 11 is 6.24. The van der Waals surface area contributed by atoms with Crippen molar-refractivity contribution in [1.29, 1.82) is 0 Å². The molecule has 0 radical (unpaired) electrons. The fourth-order valence-corrected chi connectivity index (χ4v) is 7.08. The SMILES string of the molecule is Cc1ccc(S(=O)(=O)n2c(C(=O)c3cnn(-c4ccc5[nH]c(C)nc5c4)c3N)cc3ccc(-c4cccc(Cl)c4)cc32)cc1. The average Bonchev–Trinajstić information content (AvgIpc) is 3.70. The van der Waals surface area contributed by atoms with Crippen molar-refractivity contribution in [3.05, 3.63) is 125 Å². The predicted molar refractivity (Wildman–Crippen MR) is 172 cm³/mol. The van der Waals surface area contributed by atoms with Crippen LogP contribution in [0.4, 0.5) is 5.82 Å². The maximum Gasteiger partial charge on any atom is 0.268 e. The van der Waals surface area contributed by atoms with Crippen LogP contribution in [0.2, 0.25) is 5.02 Å². The number of nitrogens with two attached hydrogens (primary N) is 1. The van der Waals surface area contributed by atoms with E-state index >= 15 is 0 Å². The number of aromatic nitrogens is 5. The lowest BCUT2D eigenvalue weighted by atomic mass is 10.0. The molecular formula is C33H25ClN6O3S. The van der Waals surface area contributed by atoms with Crippen molar-refractivity contribution in [3.63, 3.8) is 0 Å². The van der Waals surface area contributed by atoms with Crippen LogP contribution in [-0.4, -0.2) is 37.9 Å². The molecule has 3 heterocycles. The molecule has 4 aromatic carbocycles. The average molecular weight is 621 g/mol. The van der Waals surface area contributed by atoms with Crippen molar-refractivity contribution in [1.82, 2.24) is 23.7 Å². The van der Waals surface area contributed by atoms with Crippen molar-refractivity contribution in [3.8, 4) is 16.8 Å². The minimum Gasteiger partial charge on any atom is -0.383 e. The van der Waals surface area contributed by atoms with Gasteiger partial charge in [-0.15, -0.1) is 0 Å².